The first-order valence-corrected chi connectivity index (χ1v) is 12.3. The lowest BCUT2D eigenvalue weighted by molar-refractivity contribution is 0.337. The first kappa shape index (κ1) is 69.8. The summed E-state index contributed by atoms with van der Waals surface area (Å²) in [6.07, 6.45) is 19.3. The van der Waals surface area contributed by atoms with Crippen molar-refractivity contribution in [2.75, 3.05) is 20.4 Å². The van der Waals surface area contributed by atoms with E-state index in [0.717, 1.165) is 0 Å². The zero-order chi connectivity index (χ0) is 25.2. The Bertz CT molecular complexity index is 230. The maximum absolute atomic E-state index is 4.51. The highest BCUT2D eigenvalue weighted by Gasteiger charge is 1.51. The highest BCUT2D eigenvalue weighted by molar-refractivity contribution is 8.01. The van der Waals surface area contributed by atoms with Crippen molar-refractivity contribution in [2.24, 2.45) is 0 Å². The smallest absolute Gasteiger partial charge is 0.0781 e. The van der Waals surface area contributed by atoms with E-state index in [1.54, 1.807) is 25.1 Å². The lowest BCUT2D eigenvalue weighted by atomic mass is 10.5. The summed E-state index contributed by atoms with van der Waals surface area (Å²) in [6, 6.07) is 0. The quantitative estimate of drug-likeness (QED) is 0.318. The summed E-state index contributed by atoms with van der Waals surface area (Å²) in [5.41, 5.74) is 0. The first-order valence-electron chi connectivity index (χ1n) is 11.0. The molecule has 0 heterocycles. The molecular formula is C29H71NOS. The van der Waals surface area contributed by atoms with Crippen LogP contribution in [0.4, 0.5) is 0 Å². The fraction of sp³-hybridized carbons (Fsp3) is 0.655. The van der Waals surface area contributed by atoms with Crippen molar-refractivity contribution in [3.05, 3.63) is 60.4 Å². The molecular weight excluding hydrogens is 410 g/mol. The maximum atomic E-state index is 4.51. The second-order valence-electron chi connectivity index (χ2n) is 3.25. The molecule has 0 aromatic heterocycles. The molecule has 32 heavy (non-hydrogen) atoms. The highest BCUT2D eigenvalue weighted by Crippen LogP contribution is 1.89. The first-order chi connectivity index (χ1) is 14.2. The largest absolute Gasteiger partial charge is 0.505 e. The van der Waals surface area contributed by atoms with Gasteiger partial charge in [-0.3, -0.25) is 0 Å². The second-order valence-corrected chi connectivity index (χ2v) is 3.99. The summed E-state index contributed by atoms with van der Waals surface area (Å²) in [6.45, 7) is 25.9. The van der Waals surface area contributed by atoms with Crippen LogP contribution in [0.3, 0.4) is 0 Å². The number of ether oxygens (including phenoxy) is 1. The van der Waals surface area contributed by atoms with Gasteiger partial charge in [0.15, 0.2) is 0 Å². The van der Waals surface area contributed by atoms with Crippen molar-refractivity contribution in [3.8, 4) is 0 Å². The van der Waals surface area contributed by atoms with E-state index in [2.05, 4.69) is 10.1 Å². The fourth-order valence-electron chi connectivity index (χ4n) is 0.661. The number of hydrogen-bond acceptors (Lipinski definition) is 3. The number of hydrogen-bond donors (Lipinski definition) is 1. The average molecular weight is 482 g/mol. The van der Waals surface area contributed by atoms with Gasteiger partial charge in [-0.25, -0.2) is 0 Å². The molecule has 0 unspecified atom stereocenters. The van der Waals surface area contributed by atoms with Crippen LogP contribution < -0.4 is 5.32 Å². The predicted octanol–water partition coefficient (Wildman–Crippen LogP) is 11.9. The number of nitrogens with one attached hydrogen (secondary N) is 1. The summed E-state index contributed by atoms with van der Waals surface area (Å²) in [5, 5.41) is 4.88. The van der Waals surface area contributed by atoms with Gasteiger partial charge in [0.05, 0.1) is 13.4 Å². The number of rotatable bonds is 4. The van der Waals surface area contributed by atoms with Gasteiger partial charge in [0.1, 0.15) is 0 Å². The van der Waals surface area contributed by atoms with Crippen LogP contribution in [0.25, 0.3) is 0 Å². The van der Waals surface area contributed by atoms with Crippen molar-refractivity contribution < 1.29 is 4.74 Å². The third kappa shape index (κ3) is 374. The van der Waals surface area contributed by atoms with Gasteiger partial charge in [0.25, 0.3) is 0 Å². The maximum Gasteiger partial charge on any atom is 0.0781 e. The lowest BCUT2D eigenvalue weighted by Crippen LogP contribution is -1.89. The van der Waals surface area contributed by atoms with Crippen molar-refractivity contribution in [3.63, 3.8) is 0 Å². The van der Waals surface area contributed by atoms with Crippen LogP contribution in [0.1, 0.15) is 112 Å². The van der Waals surface area contributed by atoms with Crippen LogP contribution in [0.5, 0.6) is 0 Å². The monoisotopic (exact) mass is 482 g/mol. The Kier molecular flexibility index (Phi) is 391. The van der Waals surface area contributed by atoms with E-state index in [9.17, 15) is 0 Å². The molecule has 0 spiro atoms. The molecule has 204 valence electrons. The number of methoxy groups -OCH3 is 1. The van der Waals surface area contributed by atoms with Gasteiger partial charge in [-0.15, -0.1) is 11.8 Å². The summed E-state index contributed by atoms with van der Waals surface area (Å²) in [5.74, 6) is 0. The molecule has 0 aromatic carbocycles. The van der Waals surface area contributed by atoms with Crippen LogP contribution in [0.2, 0.25) is 0 Å². The second kappa shape index (κ2) is 179. The van der Waals surface area contributed by atoms with Gasteiger partial charge in [0, 0.05) is 7.05 Å². The Balaban J connectivity index is -0.0000000180. The number of thioether (sulfide) groups is 1. The van der Waals surface area contributed by atoms with Gasteiger partial charge in [0.2, 0.25) is 0 Å². The molecule has 2 nitrogen and oxygen atoms in total. The molecule has 0 fully saturated rings. The molecule has 0 saturated carbocycles. The van der Waals surface area contributed by atoms with E-state index in [4.69, 9.17) is 0 Å². The van der Waals surface area contributed by atoms with Crippen LogP contribution >= 0.6 is 11.8 Å². The van der Waals surface area contributed by atoms with Crippen molar-refractivity contribution in [2.45, 2.75) is 112 Å². The molecule has 0 atom stereocenters. The molecule has 0 aromatic rings. The van der Waals surface area contributed by atoms with Gasteiger partial charge < -0.3 is 10.1 Å². The standard InChI is InChI=1S/C6H10.C4H9N.C4H8O.C4H8S.4C2H6.3CH4/c1-3-5-6-4-2;3*1-3-4-5-2;4*1-2;;;/h3-6H,1-2H3;3-5H,1-2H3;2*3-4H,1-2H3;4*1-2H3;3*1H4/b5-3-,6-4-;3*4-3-;;;;;;;. The van der Waals surface area contributed by atoms with Gasteiger partial charge in [-0.05, 0) is 52.5 Å². The molecule has 0 saturated heterocycles. The predicted molar refractivity (Wildman–Crippen MR) is 169 cm³/mol. The van der Waals surface area contributed by atoms with E-state index in [1.807, 2.05) is 157 Å². The third-order valence-corrected chi connectivity index (χ3v) is 1.92. The van der Waals surface area contributed by atoms with Crippen LogP contribution in [0.15, 0.2) is 60.4 Å². The average Bonchev–Trinajstić information content (AvgIpc) is 2.81. The molecule has 0 amide bonds. The Morgan fingerprint density at radius 2 is 0.938 bits per heavy atom. The Morgan fingerprint density at radius 3 is 0.969 bits per heavy atom. The van der Waals surface area contributed by atoms with E-state index in [-0.39, 0.29) is 22.3 Å². The minimum Gasteiger partial charge on any atom is -0.505 e. The molecule has 0 aliphatic carbocycles. The van der Waals surface area contributed by atoms with Gasteiger partial charge in [-0.2, -0.15) is 0 Å². The Hall–Kier alpha value is -1.35. The molecule has 0 aliphatic rings. The minimum absolute atomic E-state index is 0. The van der Waals surface area contributed by atoms with E-state index in [1.165, 1.54) is 0 Å². The lowest BCUT2D eigenvalue weighted by Gasteiger charge is -1.76. The van der Waals surface area contributed by atoms with E-state index < -0.39 is 0 Å². The van der Waals surface area contributed by atoms with Crippen LogP contribution in [-0.4, -0.2) is 20.4 Å². The summed E-state index contributed by atoms with van der Waals surface area (Å²) >= 11 is 1.72. The summed E-state index contributed by atoms with van der Waals surface area (Å²) in [7, 11) is 3.50. The molecule has 0 rings (SSSR count). The molecule has 0 aliphatic heterocycles. The van der Waals surface area contributed by atoms with E-state index >= 15 is 0 Å². The van der Waals surface area contributed by atoms with Crippen LogP contribution in [0, 0.1) is 0 Å². The summed E-state index contributed by atoms with van der Waals surface area (Å²) < 4.78 is 4.51. The molecule has 0 radical (unpaired) electrons. The Labute approximate surface area is 214 Å². The Morgan fingerprint density at radius 1 is 0.594 bits per heavy atom. The van der Waals surface area contributed by atoms with Crippen molar-refractivity contribution >= 4 is 11.8 Å². The number of allylic oxidation sites excluding steroid dienone is 7. The van der Waals surface area contributed by atoms with Gasteiger partial charge in [-0.1, -0.05) is 120 Å². The normalized spacial score (nSPS) is 7.38. The highest BCUT2D eigenvalue weighted by atomic mass is 32.2. The fourth-order valence-corrected chi connectivity index (χ4v) is 0.933. The molecule has 1 N–H and O–H groups in total. The molecule has 0 bridgehead atoms. The minimum atomic E-state index is 0. The van der Waals surface area contributed by atoms with Crippen LogP contribution in [-0.2, 0) is 4.74 Å². The molecule has 3 heteroatoms. The van der Waals surface area contributed by atoms with Gasteiger partial charge >= 0.3 is 0 Å². The van der Waals surface area contributed by atoms with E-state index in [0.29, 0.717) is 0 Å². The zero-order valence-electron chi connectivity index (χ0n) is 23.1. The van der Waals surface area contributed by atoms with Crippen molar-refractivity contribution in [1.82, 2.24) is 5.32 Å². The summed E-state index contributed by atoms with van der Waals surface area (Å²) in [4.78, 5) is 0. The SMILES string of the molecule is C.C.C.C/C=C\C=C/C.C/C=C\NC.C/C=C\OC.C/C=C\SC.CC.CC.CC.CC. The third-order valence-electron chi connectivity index (χ3n) is 1.37. The van der Waals surface area contributed by atoms with Crippen molar-refractivity contribution in [1.29, 1.82) is 0 Å². The zero-order valence-corrected chi connectivity index (χ0v) is 23.9. The topological polar surface area (TPSA) is 21.3 Å².